The van der Waals surface area contributed by atoms with Crippen molar-refractivity contribution in [1.82, 2.24) is 9.97 Å². The van der Waals surface area contributed by atoms with E-state index in [1.165, 1.54) is 0 Å². The maximum absolute atomic E-state index is 10.7. The molecule has 0 aliphatic rings. The standard InChI is InChI=1S/C13H15N3O2S/c14-11(12(17)18)7-9-2-1-3-10(6-9)8-19-13-15-4-5-16-13/h1-6,11H,7-8,14H2,(H,15,16)(H,17,18)/t11-/m0/s1. The Hall–Kier alpha value is -1.79. The topological polar surface area (TPSA) is 92.0 Å². The van der Waals surface area contributed by atoms with Gasteiger partial charge in [0.25, 0.3) is 0 Å². The van der Waals surface area contributed by atoms with Crippen LogP contribution in [0, 0.1) is 0 Å². The smallest absolute Gasteiger partial charge is 0.320 e. The zero-order chi connectivity index (χ0) is 13.7. The number of imidazole rings is 1. The first kappa shape index (κ1) is 13.6. The monoisotopic (exact) mass is 277 g/mol. The zero-order valence-electron chi connectivity index (χ0n) is 10.2. The number of H-pyrrole nitrogens is 1. The largest absolute Gasteiger partial charge is 0.480 e. The summed E-state index contributed by atoms with van der Waals surface area (Å²) < 4.78 is 0. The van der Waals surface area contributed by atoms with Crippen LogP contribution in [0.4, 0.5) is 0 Å². The molecule has 5 nitrogen and oxygen atoms in total. The molecule has 0 amide bonds. The number of rotatable bonds is 6. The molecule has 1 atom stereocenters. The Morgan fingerprint density at radius 3 is 2.95 bits per heavy atom. The van der Waals surface area contributed by atoms with Gasteiger partial charge in [-0.05, 0) is 17.5 Å². The summed E-state index contributed by atoms with van der Waals surface area (Å²) in [6.45, 7) is 0. The maximum atomic E-state index is 10.7. The van der Waals surface area contributed by atoms with Crippen molar-refractivity contribution >= 4 is 17.7 Å². The second kappa shape index (κ2) is 6.40. The molecule has 19 heavy (non-hydrogen) atoms. The second-order valence-electron chi connectivity index (χ2n) is 4.15. The van der Waals surface area contributed by atoms with E-state index < -0.39 is 12.0 Å². The van der Waals surface area contributed by atoms with Crippen molar-refractivity contribution in [2.24, 2.45) is 5.73 Å². The highest BCUT2D eigenvalue weighted by molar-refractivity contribution is 7.98. The van der Waals surface area contributed by atoms with Gasteiger partial charge in [-0.1, -0.05) is 36.0 Å². The summed E-state index contributed by atoms with van der Waals surface area (Å²) in [5, 5.41) is 9.67. The molecule has 0 aliphatic carbocycles. The number of nitrogens with zero attached hydrogens (tertiary/aromatic N) is 1. The summed E-state index contributed by atoms with van der Waals surface area (Å²) in [6.07, 6.45) is 3.84. The van der Waals surface area contributed by atoms with Crippen molar-refractivity contribution in [3.8, 4) is 0 Å². The van der Waals surface area contributed by atoms with Crippen molar-refractivity contribution in [2.75, 3.05) is 0 Å². The van der Waals surface area contributed by atoms with E-state index in [1.54, 1.807) is 24.2 Å². The number of carboxylic acid groups (broad SMARTS) is 1. The van der Waals surface area contributed by atoms with Crippen LogP contribution in [0.2, 0.25) is 0 Å². The lowest BCUT2D eigenvalue weighted by Crippen LogP contribution is -2.32. The van der Waals surface area contributed by atoms with Crippen molar-refractivity contribution < 1.29 is 9.90 Å². The third kappa shape index (κ3) is 4.11. The molecule has 0 saturated heterocycles. The number of carboxylic acids is 1. The van der Waals surface area contributed by atoms with Gasteiger partial charge in [0.05, 0.1) is 0 Å². The summed E-state index contributed by atoms with van der Waals surface area (Å²) in [6, 6.07) is 6.95. The van der Waals surface area contributed by atoms with Crippen LogP contribution in [0.1, 0.15) is 11.1 Å². The number of benzene rings is 1. The molecule has 1 heterocycles. The minimum Gasteiger partial charge on any atom is -0.480 e. The van der Waals surface area contributed by atoms with E-state index in [-0.39, 0.29) is 0 Å². The van der Waals surface area contributed by atoms with Crippen molar-refractivity contribution in [1.29, 1.82) is 0 Å². The number of hydrogen-bond donors (Lipinski definition) is 3. The number of hydrogen-bond acceptors (Lipinski definition) is 4. The fraction of sp³-hybridized carbons (Fsp3) is 0.231. The fourth-order valence-electron chi connectivity index (χ4n) is 1.67. The van der Waals surface area contributed by atoms with Gasteiger partial charge in [0.1, 0.15) is 6.04 Å². The number of nitrogens with two attached hydrogens (primary N) is 1. The van der Waals surface area contributed by atoms with Gasteiger partial charge in [-0.25, -0.2) is 4.98 Å². The molecular formula is C13H15N3O2S. The molecule has 4 N–H and O–H groups in total. The van der Waals surface area contributed by atoms with Gasteiger partial charge in [-0.15, -0.1) is 0 Å². The number of aromatic nitrogens is 2. The van der Waals surface area contributed by atoms with Crippen LogP contribution in [-0.2, 0) is 17.0 Å². The molecule has 1 aromatic carbocycles. The van der Waals surface area contributed by atoms with Gasteiger partial charge in [-0.3, -0.25) is 4.79 Å². The predicted octanol–water partition coefficient (Wildman–Crippen LogP) is 1.66. The highest BCUT2D eigenvalue weighted by atomic mass is 32.2. The lowest BCUT2D eigenvalue weighted by atomic mass is 10.0. The third-order valence-electron chi connectivity index (χ3n) is 2.61. The Bertz CT molecular complexity index is 543. The summed E-state index contributed by atoms with van der Waals surface area (Å²) >= 11 is 1.60. The van der Waals surface area contributed by atoms with Crippen LogP contribution in [0.25, 0.3) is 0 Å². The highest BCUT2D eigenvalue weighted by Crippen LogP contribution is 2.19. The number of thioether (sulfide) groups is 1. The minimum absolute atomic E-state index is 0.342. The second-order valence-corrected chi connectivity index (χ2v) is 5.12. The highest BCUT2D eigenvalue weighted by Gasteiger charge is 2.12. The average molecular weight is 277 g/mol. The van der Waals surface area contributed by atoms with E-state index in [2.05, 4.69) is 9.97 Å². The lowest BCUT2D eigenvalue weighted by molar-refractivity contribution is -0.138. The molecule has 0 spiro atoms. The number of nitrogens with one attached hydrogen (secondary N) is 1. The molecule has 0 fully saturated rings. The first-order chi connectivity index (χ1) is 9.15. The van der Waals surface area contributed by atoms with E-state index in [9.17, 15) is 4.79 Å². The number of carbonyl (C=O) groups is 1. The summed E-state index contributed by atoms with van der Waals surface area (Å²) in [5.74, 6) is -0.195. The van der Waals surface area contributed by atoms with Crippen LogP contribution < -0.4 is 5.73 Å². The molecule has 0 radical (unpaired) electrons. The van der Waals surface area contributed by atoms with Crippen LogP contribution in [0.3, 0.4) is 0 Å². The Morgan fingerprint density at radius 2 is 2.26 bits per heavy atom. The Morgan fingerprint density at radius 1 is 1.47 bits per heavy atom. The quantitative estimate of drug-likeness (QED) is 0.698. The van der Waals surface area contributed by atoms with Gasteiger partial charge >= 0.3 is 5.97 Å². The Kier molecular flexibility index (Phi) is 4.59. The molecule has 100 valence electrons. The lowest BCUT2D eigenvalue weighted by Gasteiger charge is -2.08. The van der Waals surface area contributed by atoms with E-state index in [1.807, 2.05) is 24.3 Å². The zero-order valence-corrected chi connectivity index (χ0v) is 11.1. The molecule has 0 unspecified atom stereocenters. The van der Waals surface area contributed by atoms with Crippen LogP contribution >= 0.6 is 11.8 Å². The van der Waals surface area contributed by atoms with Crippen LogP contribution in [0.15, 0.2) is 41.8 Å². The van der Waals surface area contributed by atoms with Crippen LogP contribution in [-0.4, -0.2) is 27.1 Å². The fourth-order valence-corrected chi connectivity index (χ4v) is 2.44. The van der Waals surface area contributed by atoms with Crippen molar-refractivity contribution in [2.45, 2.75) is 23.4 Å². The van der Waals surface area contributed by atoms with Gasteiger partial charge in [-0.2, -0.15) is 0 Å². The molecule has 2 rings (SSSR count). The van der Waals surface area contributed by atoms with Crippen molar-refractivity contribution in [3.05, 3.63) is 47.8 Å². The first-order valence-electron chi connectivity index (χ1n) is 5.83. The molecule has 0 saturated carbocycles. The minimum atomic E-state index is -0.977. The third-order valence-corrected chi connectivity index (χ3v) is 3.59. The van der Waals surface area contributed by atoms with Gasteiger partial charge in [0.2, 0.25) is 0 Å². The summed E-state index contributed by atoms with van der Waals surface area (Å²) in [7, 11) is 0. The Labute approximate surface area is 115 Å². The van der Waals surface area contributed by atoms with E-state index in [0.717, 1.165) is 22.0 Å². The summed E-state index contributed by atoms with van der Waals surface area (Å²) in [4.78, 5) is 17.9. The van der Waals surface area contributed by atoms with E-state index in [0.29, 0.717) is 6.42 Å². The average Bonchev–Trinajstić information content (AvgIpc) is 2.90. The number of aliphatic carboxylic acids is 1. The normalized spacial score (nSPS) is 12.3. The Balaban J connectivity index is 1.96. The van der Waals surface area contributed by atoms with Crippen LogP contribution in [0.5, 0.6) is 0 Å². The van der Waals surface area contributed by atoms with E-state index >= 15 is 0 Å². The molecule has 2 aromatic rings. The van der Waals surface area contributed by atoms with Crippen molar-refractivity contribution in [3.63, 3.8) is 0 Å². The molecule has 1 aromatic heterocycles. The van der Waals surface area contributed by atoms with Gasteiger partial charge < -0.3 is 15.8 Å². The van der Waals surface area contributed by atoms with Gasteiger partial charge in [0.15, 0.2) is 5.16 Å². The van der Waals surface area contributed by atoms with Gasteiger partial charge in [0, 0.05) is 18.1 Å². The van der Waals surface area contributed by atoms with E-state index in [4.69, 9.17) is 10.8 Å². The molecular weight excluding hydrogens is 262 g/mol. The molecule has 0 bridgehead atoms. The number of aromatic amines is 1. The maximum Gasteiger partial charge on any atom is 0.320 e. The molecule has 0 aliphatic heterocycles. The summed E-state index contributed by atoms with van der Waals surface area (Å²) in [5.41, 5.74) is 7.59. The predicted molar refractivity (Wildman–Crippen MR) is 73.9 cm³/mol. The first-order valence-corrected chi connectivity index (χ1v) is 6.82. The molecule has 6 heteroatoms. The SMILES string of the molecule is N[C@@H](Cc1cccc(CSc2ncc[nH]2)c1)C(=O)O.